The van der Waals surface area contributed by atoms with E-state index in [0.29, 0.717) is 29.1 Å². The number of amides is 1. The largest absolute Gasteiger partial charge is 0.451 e. The Balaban J connectivity index is 1.35. The van der Waals surface area contributed by atoms with Crippen LogP contribution in [-0.2, 0) is 0 Å². The van der Waals surface area contributed by atoms with E-state index in [1.165, 1.54) is 18.2 Å². The minimum atomic E-state index is -0.435. The summed E-state index contributed by atoms with van der Waals surface area (Å²) in [5.41, 5.74) is 3.53. The van der Waals surface area contributed by atoms with Crippen LogP contribution < -0.4 is 10.2 Å². The van der Waals surface area contributed by atoms with Crippen molar-refractivity contribution in [3.63, 3.8) is 0 Å². The van der Waals surface area contributed by atoms with E-state index in [-0.39, 0.29) is 24.0 Å². The first-order valence-electron chi connectivity index (χ1n) is 11.3. The van der Waals surface area contributed by atoms with E-state index in [4.69, 9.17) is 9.52 Å². The molecule has 4 aromatic rings. The van der Waals surface area contributed by atoms with Gasteiger partial charge in [-0.1, -0.05) is 18.2 Å². The van der Waals surface area contributed by atoms with E-state index in [0.717, 1.165) is 11.3 Å². The van der Waals surface area contributed by atoms with Gasteiger partial charge in [-0.3, -0.25) is 9.59 Å². The zero-order valence-corrected chi connectivity index (χ0v) is 19.6. The molecule has 0 bridgehead atoms. The number of hydrogen-bond acceptors (Lipinski definition) is 5. The molecule has 182 valence electrons. The first-order chi connectivity index (χ1) is 17.4. The van der Waals surface area contributed by atoms with E-state index < -0.39 is 5.91 Å². The fourth-order valence-corrected chi connectivity index (χ4v) is 3.53. The van der Waals surface area contributed by atoms with Crippen LogP contribution in [0.25, 0.3) is 17.4 Å². The van der Waals surface area contributed by atoms with Crippen LogP contribution in [0.2, 0.25) is 0 Å². The topological polar surface area (TPSA) is 82.8 Å². The number of likely N-dealkylation sites (N-methyl/N-ethyl adjacent to an activating group) is 1. The summed E-state index contributed by atoms with van der Waals surface area (Å²) in [6, 6.07) is 23.2. The predicted octanol–water partition coefficient (Wildman–Crippen LogP) is 5.66. The van der Waals surface area contributed by atoms with E-state index in [2.05, 4.69) is 5.32 Å². The molecule has 1 amide bonds. The number of rotatable bonds is 9. The van der Waals surface area contributed by atoms with Crippen LogP contribution in [0.5, 0.6) is 0 Å². The van der Waals surface area contributed by atoms with Crippen molar-refractivity contribution in [3.8, 4) is 11.3 Å². The summed E-state index contributed by atoms with van der Waals surface area (Å²) in [7, 11) is 1.90. The maximum absolute atomic E-state index is 13.1. The minimum absolute atomic E-state index is 0.0798. The third-order valence-corrected chi connectivity index (χ3v) is 5.58. The molecular formula is C29H25FN2O4. The van der Waals surface area contributed by atoms with Crippen LogP contribution in [0.1, 0.15) is 26.5 Å². The SMILES string of the molecule is CN(CCO)c1ccc(/C=C/C(=O)c2ccc(NC(=O)c3ccc(-c4ccc(F)cc4)o3)cc2)cc1. The van der Waals surface area contributed by atoms with E-state index in [1.807, 2.05) is 36.2 Å². The Kier molecular flexibility index (Phi) is 7.72. The molecule has 0 fully saturated rings. The van der Waals surface area contributed by atoms with Gasteiger partial charge >= 0.3 is 0 Å². The predicted molar refractivity (Wildman–Crippen MR) is 139 cm³/mol. The van der Waals surface area contributed by atoms with E-state index in [1.54, 1.807) is 54.6 Å². The normalized spacial score (nSPS) is 11.0. The van der Waals surface area contributed by atoms with Crippen molar-refractivity contribution in [1.82, 2.24) is 0 Å². The van der Waals surface area contributed by atoms with Crippen LogP contribution in [0, 0.1) is 5.82 Å². The van der Waals surface area contributed by atoms with Gasteiger partial charge in [0.25, 0.3) is 5.91 Å². The average Bonchev–Trinajstić information content (AvgIpc) is 3.39. The summed E-state index contributed by atoms with van der Waals surface area (Å²) in [4.78, 5) is 27.0. The summed E-state index contributed by atoms with van der Waals surface area (Å²) >= 11 is 0. The van der Waals surface area contributed by atoms with Gasteiger partial charge in [-0.15, -0.1) is 0 Å². The fraction of sp³-hybridized carbons (Fsp3) is 0.103. The van der Waals surface area contributed by atoms with Gasteiger partial charge in [-0.05, 0) is 84.4 Å². The van der Waals surface area contributed by atoms with E-state index >= 15 is 0 Å². The number of nitrogens with one attached hydrogen (secondary N) is 1. The van der Waals surface area contributed by atoms with E-state index in [9.17, 15) is 14.0 Å². The molecule has 0 saturated heterocycles. The highest BCUT2D eigenvalue weighted by Gasteiger charge is 2.13. The summed E-state index contributed by atoms with van der Waals surface area (Å²) < 4.78 is 18.7. The number of nitrogens with zero attached hydrogens (tertiary/aromatic N) is 1. The molecule has 6 nitrogen and oxygen atoms in total. The molecule has 1 heterocycles. The molecule has 3 aromatic carbocycles. The number of halogens is 1. The number of ketones is 1. The Labute approximate surface area is 208 Å². The summed E-state index contributed by atoms with van der Waals surface area (Å²) in [6.45, 7) is 0.624. The molecule has 0 aliphatic heterocycles. The molecule has 36 heavy (non-hydrogen) atoms. The highest BCUT2D eigenvalue weighted by Crippen LogP contribution is 2.23. The quantitative estimate of drug-likeness (QED) is 0.237. The maximum Gasteiger partial charge on any atom is 0.291 e. The maximum atomic E-state index is 13.1. The molecule has 4 rings (SSSR count). The van der Waals surface area contributed by atoms with Gasteiger partial charge in [-0.2, -0.15) is 0 Å². The zero-order valence-electron chi connectivity index (χ0n) is 19.6. The third kappa shape index (κ3) is 6.14. The average molecular weight is 485 g/mol. The van der Waals surface area contributed by atoms with Crippen LogP contribution in [0.3, 0.4) is 0 Å². The molecule has 7 heteroatoms. The lowest BCUT2D eigenvalue weighted by Crippen LogP contribution is -2.20. The van der Waals surface area contributed by atoms with Crippen molar-refractivity contribution in [2.45, 2.75) is 0 Å². The summed E-state index contributed by atoms with van der Waals surface area (Å²) in [5.74, 6) is -0.372. The molecular weight excluding hydrogens is 459 g/mol. The molecule has 0 aliphatic rings. The first kappa shape index (κ1) is 24.6. The Morgan fingerprint density at radius 3 is 2.31 bits per heavy atom. The van der Waals surface area contributed by atoms with Gasteiger partial charge in [0.1, 0.15) is 11.6 Å². The van der Waals surface area contributed by atoms with Crippen LogP contribution in [0.4, 0.5) is 15.8 Å². The van der Waals surface area contributed by atoms with Crippen molar-refractivity contribution in [3.05, 3.63) is 114 Å². The summed E-state index contributed by atoms with van der Waals surface area (Å²) in [6.07, 6.45) is 3.24. The molecule has 0 saturated carbocycles. The van der Waals surface area contributed by atoms with Crippen molar-refractivity contribution < 1.29 is 23.5 Å². The lowest BCUT2D eigenvalue weighted by molar-refractivity contribution is 0.0996. The third-order valence-electron chi connectivity index (χ3n) is 5.58. The monoisotopic (exact) mass is 484 g/mol. The van der Waals surface area contributed by atoms with Gasteiger partial charge < -0.3 is 19.7 Å². The highest BCUT2D eigenvalue weighted by molar-refractivity contribution is 6.07. The molecule has 0 spiro atoms. The van der Waals surface area contributed by atoms with Crippen molar-refractivity contribution >= 4 is 29.1 Å². The Morgan fingerprint density at radius 1 is 0.944 bits per heavy atom. The van der Waals surface area contributed by atoms with Gasteiger partial charge in [0.05, 0.1) is 6.61 Å². The zero-order chi connectivity index (χ0) is 25.5. The Bertz CT molecular complexity index is 1360. The molecule has 2 N–H and O–H groups in total. The molecule has 0 aliphatic carbocycles. The fourth-order valence-electron chi connectivity index (χ4n) is 3.53. The van der Waals surface area contributed by atoms with Gasteiger partial charge in [0.15, 0.2) is 11.5 Å². The Hall–Kier alpha value is -4.49. The number of allylic oxidation sites excluding steroid dienone is 1. The van der Waals surface area contributed by atoms with Crippen LogP contribution in [0.15, 0.2) is 95.4 Å². The van der Waals surface area contributed by atoms with Gasteiger partial charge in [-0.25, -0.2) is 4.39 Å². The lowest BCUT2D eigenvalue weighted by Gasteiger charge is -2.17. The second-order valence-electron chi connectivity index (χ2n) is 8.14. The number of carbonyl (C=O) groups excluding carboxylic acids is 2. The molecule has 0 atom stereocenters. The number of aliphatic hydroxyl groups is 1. The van der Waals surface area contributed by atoms with Crippen molar-refractivity contribution in [2.75, 3.05) is 30.4 Å². The summed E-state index contributed by atoms with van der Waals surface area (Å²) in [5, 5.41) is 11.8. The second-order valence-corrected chi connectivity index (χ2v) is 8.14. The number of hydrogen-bond donors (Lipinski definition) is 2. The molecule has 0 unspecified atom stereocenters. The lowest BCUT2D eigenvalue weighted by atomic mass is 10.1. The molecule has 1 aromatic heterocycles. The minimum Gasteiger partial charge on any atom is -0.451 e. The number of aliphatic hydroxyl groups excluding tert-OH is 1. The first-order valence-corrected chi connectivity index (χ1v) is 11.3. The van der Waals surface area contributed by atoms with Crippen LogP contribution >= 0.6 is 0 Å². The smallest absolute Gasteiger partial charge is 0.291 e. The van der Waals surface area contributed by atoms with Crippen LogP contribution in [-0.4, -0.2) is 37.0 Å². The number of furan rings is 1. The number of benzene rings is 3. The molecule has 0 radical (unpaired) electrons. The number of carbonyl (C=O) groups is 2. The number of anilines is 2. The standard InChI is InChI=1S/C29H25FN2O4/c1-32(18-19-33)25-13-2-20(3-14-25)4-15-26(34)21-7-11-24(12-8-21)31-29(35)28-17-16-27(36-28)22-5-9-23(30)10-6-22/h2-17,33H,18-19H2,1H3,(H,31,35)/b15-4+. The van der Waals surface area contributed by atoms with Gasteiger partial charge in [0, 0.05) is 36.1 Å². The van der Waals surface area contributed by atoms with Crippen molar-refractivity contribution in [2.24, 2.45) is 0 Å². The highest BCUT2D eigenvalue weighted by atomic mass is 19.1. The Morgan fingerprint density at radius 2 is 1.64 bits per heavy atom. The van der Waals surface area contributed by atoms with Crippen molar-refractivity contribution in [1.29, 1.82) is 0 Å². The second kappa shape index (κ2) is 11.3. The van der Waals surface area contributed by atoms with Gasteiger partial charge in [0.2, 0.25) is 0 Å².